The highest BCUT2D eigenvalue weighted by Crippen LogP contribution is 2.28. The largest absolute Gasteiger partial charge is 0.465 e. The molecule has 0 saturated carbocycles. The average Bonchev–Trinajstić information content (AvgIpc) is 3.26. The van der Waals surface area contributed by atoms with Crippen LogP contribution in [-0.4, -0.2) is 59.7 Å². The molecule has 1 unspecified atom stereocenters. The topological polar surface area (TPSA) is 109 Å². The summed E-state index contributed by atoms with van der Waals surface area (Å²) in [6, 6.07) is 1.80. The van der Waals surface area contributed by atoms with Gasteiger partial charge in [-0.15, -0.1) is 0 Å². The fourth-order valence-electron chi connectivity index (χ4n) is 3.34. The summed E-state index contributed by atoms with van der Waals surface area (Å²) in [5.41, 5.74) is 2.15. The normalized spacial score (nSPS) is 16.8. The minimum atomic E-state index is -0.905. The second-order valence-corrected chi connectivity index (χ2v) is 6.76. The minimum Gasteiger partial charge on any atom is -0.465 e. The number of aromatic nitrogens is 5. The summed E-state index contributed by atoms with van der Waals surface area (Å²) in [5, 5.41) is 13.0. The SMILES string of the molecule is CCn1c(-c2cncc(Cl)c2)nc2c(NC3CCN(C(=O)O)C3)ncnc21. The molecule has 0 radical (unpaired) electrons. The maximum absolute atomic E-state index is 11.1. The van der Waals surface area contributed by atoms with Gasteiger partial charge < -0.3 is 19.9 Å². The first-order valence-electron chi connectivity index (χ1n) is 8.63. The molecule has 10 heteroatoms. The van der Waals surface area contributed by atoms with Gasteiger partial charge in [0.1, 0.15) is 12.2 Å². The van der Waals surface area contributed by atoms with Crippen LogP contribution in [-0.2, 0) is 6.54 Å². The molecule has 3 aromatic heterocycles. The van der Waals surface area contributed by atoms with E-state index in [1.54, 1.807) is 12.4 Å². The molecule has 1 aliphatic heterocycles. The Morgan fingerprint density at radius 1 is 1.41 bits per heavy atom. The Hall–Kier alpha value is -2.94. The lowest BCUT2D eigenvalue weighted by atomic mass is 10.2. The lowest BCUT2D eigenvalue weighted by molar-refractivity contribution is 0.155. The Balaban J connectivity index is 1.72. The van der Waals surface area contributed by atoms with Crippen LogP contribution in [0.1, 0.15) is 13.3 Å². The maximum atomic E-state index is 11.1. The number of carbonyl (C=O) groups is 1. The van der Waals surface area contributed by atoms with Gasteiger partial charge in [0.25, 0.3) is 0 Å². The molecule has 0 spiro atoms. The first-order chi connectivity index (χ1) is 13.1. The van der Waals surface area contributed by atoms with Crippen molar-refractivity contribution in [2.75, 3.05) is 18.4 Å². The molecule has 4 rings (SSSR count). The van der Waals surface area contributed by atoms with E-state index in [2.05, 4.69) is 20.3 Å². The number of nitrogens with one attached hydrogen (secondary N) is 1. The van der Waals surface area contributed by atoms with E-state index in [0.29, 0.717) is 47.5 Å². The third-order valence-electron chi connectivity index (χ3n) is 4.61. The Kier molecular flexibility index (Phi) is 4.53. The molecule has 0 aromatic carbocycles. The quantitative estimate of drug-likeness (QED) is 0.708. The zero-order chi connectivity index (χ0) is 19.0. The second-order valence-electron chi connectivity index (χ2n) is 6.32. The van der Waals surface area contributed by atoms with E-state index in [-0.39, 0.29) is 6.04 Å². The standard InChI is InChI=1S/C17H18ClN7O2/c1-2-25-15(10-5-11(18)7-19-6-10)23-13-14(20-9-21-16(13)25)22-12-3-4-24(8-12)17(26)27/h5-7,9,12H,2-4,8H2,1H3,(H,26,27)(H,20,21,22). The molecule has 1 amide bonds. The van der Waals surface area contributed by atoms with Crippen LogP contribution in [0.5, 0.6) is 0 Å². The number of likely N-dealkylation sites (tertiary alicyclic amines) is 1. The summed E-state index contributed by atoms with van der Waals surface area (Å²) in [7, 11) is 0. The number of anilines is 1. The van der Waals surface area contributed by atoms with Crippen LogP contribution in [0.3, 0.4) is 0 Å². The Labute approximate surface area is 160 Å². The van der Waals surface area contributed by atoms with Gasteiger partial charge in [-0.25, -0.2) is 19.7 Å². The van der Waals surface area contributed by atoms with Gasteiger partial charge >= 0.3 is 6.09 Å². The van der Waals surface area contributed by atoms with E-state index in [0.717, 1.165) is 12.0 Å². The van der Waals surface area contributed by atoms with Crippen molar-refractivity contribution in [3.05, 3.63) is 29.8 Å². The predicted octanol–water partition coefficient (Wildman–Crippen LogP) is 2.73. The van der Waals surface area contributed by atoms with Crippen LogP contribution in [0.4, 0.5) is 10.6 Å². The van der Waals surface area contributed by atoms with Gasteiger partial charge in [-0.1, -0.05) is 11.6 Å². The molecule has 140 valence electrons. The molecule has 27 heavy (non-hydrogen) atoms. The highest BCUT2D eigenvalue weighted by atomic mass is 35.5. The van der Waals surface area contributed by atoms with Gasteiger partial charge in [0, 0.05) is 43.6 Å². The molecular weight excluding hydrogens is 370 g/mol. The van der Waals surface area contributed by atoms with Crippen LogP contribution >= 0.6 is 11.6 Å². The number of pyridine rings is 1. The summed E-state index contributed by atoms with van der Waals surface area (Å²) >= 11 is 6.08. The van der Waals surface area contributed by atoms with E-state index in [9.17, 15) is 4.79 Å². The second kappa shape index (κ2) is 6.99. The Morgan fingerprint density at radius 2 is 2.26 bits per heavy atom. The van der Waals surface area contributed by atoms with Gasteiger partial charge in [-0.05, 0) is 19.4 Å². The minimum absolute atomic E-state index is 0.0118. The number of aryl methyl sites for hydroxylation is 1. The van der Waals surface area contributed by atoms with Gasteiger partial charge in [0.05, 0.1) is 5.02 Å². The van der Waals surface area contributed by atoms with Crippen molar-refractivity contribution in [3.63, 3.8) is 0 Å². The van der Waals surface area contributed by atoms with Gasteiger partial charge in [0.15, 0.2) is 17.0 Å². The van der Waals surface area contributed by atoms with Gasteiger partial charge in [0.2, 0.25) is 0 Å². The predicted molar refractivity (Wildman–Crippen MR) is 101 cm³/mol. The fraction of sp³-hybridized carbons (Fsp3) is 0.353. The third kappa shape index (κ3) is 3.25. The number of hydrogen-bond acceptors (Lipinski definition) is 6. The van der Waals surface area contributed by atoms with Crippen LogP contribution in [0.25, 0.3) is 22.6 Å². The number of fused-ring (bicyclic) bond motifs is 1. The smallest absolute Gasteiger partial charge is 0.407 e. The average molecular weight is 388 g/mol. The highest BCUT2D eigenvalue weighted by molar-refractivity contribution is 6.30. The van der Waals surface area contributed by atoms with Gasteiger partial charge in [-0.3, -0.25) is 4.98 Å². The Bertz CT molecular complexity index is 1010. The van der Waals surface area contributed by atoms with Crippen molar-refractivity contribution in [2.45, 2.75) is 25.9 Å². The highest BCUT2D eigenvalue weighted by Gasteiger charge is 2.27. The molecule has 4 heterocycles. The zero-order valence-corrected chi connectivity index (χ0v) is 15.4. The number of nitrogens with zero attached hydrogens (tertiary/aromatic N) is 6. The lowest BCUT2D eigenvalue weighted by Crippen LogP contribution is -2.30. The van der Waals surface area contributed by atoms with Crippen molar-refractivity contribution >= 4 is 34.7 Å². The number of amides is 1. The molecule has 1 atom stereocenters. The molecule has 0 aliphatic carbocycles. The number of rotatable bonds is 4. The van der Waals surface area contributed by atoms with Crippen LogP contribution in [0.15, 0.2) is 24.8 Å². The van der Waals surface area contributed by atoms with Crippen molar-refractivity contribution in [1.82, 2.24) is 29.4 Å². The number of halogens is 1. The summed E-state index contributed by atoms with van der Waals surface area (Å²) in [6.07, 6.45) is 4.59. The van der Waals surface area contributed by atoms with Gasteiger partial charge in [-0.2, -0.15) is 0 Å². The first-order valence-corrected chi connectivity index (χ1v) is 9.01. The van der Waals surface area contributed by atoms with Crippen LogP contribution in [0.2, 0.25) is 5.02 Å². The lowest BCUT2D eigenvalue weighted by Gasteiger charge is -2.14. The zero-order valence-electron chi connectivity index (χ0n) is 14.6. The molecule has 2 N–H and O–H groups in total. The molecule has 1 fully saturated rings. The Morgan fingerprint density at radius 3 is 2.96 bits per heavy atom. The van der Waals surface area contributed by atoms with E-state index in [1.165, 1.54) is 11.2 Å². The van der Waals surface area contributed by atoms with E-state index < -0.39 is 6.09 Å². The number of hydrogen-bond donors (Lipinski definition) is 2. The van der Waals surface area contributed by atoms with E-state index in [4.69, 9.17) is 21.7 Å². The summed E-state index contributed by atoms with van der Waals surface area (Å²) < 4.78 is 1.98. The monoisotopic (exact) mass is 387 g/mol. The van der Waals surface area contributed by atoms with E-state index >= 15 is 0 Å². The maximum Gasteiger partial charge on any atom is 0.407 e. The molecule has 1 saturated heterocycles. The van der Waals surface area contributed by atoms with Crippen molar-refractivity contribution in [1.29, 1.82) is 0 Å². The molecule has 1 aliphatic rings. The number of imidazole rings is 1. The molecule has 3 aromatic rings. The van der Waals surface area contributed by atoms with Crippen molar-refractivity contribution in [3.8, 4) is 11.4 Å². The summed E-state index contributed by atoms with van der Waals surface area (Å²) in [5.74, 6) is 1.31. The number of carboxylic acid groups (broad SMARTS) is 1. The third-order valence-corrected chi connectivity index (χ3v) is 4.82. The van der Waals surface area contributed by atoms with Crippen molar-refractivity contribution in [2.24, 2.45) is 0 Å². The van der Waals surface area contributed by atoms with Crippen LogP contribution < -0.4 is 5.32 Å². The fourth-order valence-corrected chi connectivity index (χ4v) is 3.52. The van der Waals surface area contributed by atoms with Crippen LogP contribution in [0, 0.1) is 0 Å². The molecule has 0 bridgehead atoms. The van der Waals surface area contributed by atoms with Crippen molar-refractivity contribution < 1.29 is 9.90 Å². The summed E-state index contributed by atoms with van der Waals surface area (Å²) in [6.45, 7) is 3.61. The summed E-state index contributed by atoms with van der Waals surface area (Å²) in [4.78, 5) is 30.1. The molecule has 9 nitrogen and oxygen atoms in total. The molecular formula is C17H18ClN7O2. The first kappa shape index (κ1) is 17.5. The van der Waals surface area contributed by atoms with E-state index in [1.807, 2.05) is 17.6 Å².